The average molecular weight is 246 g/mol. The van der Waals surface area contributed by atoms with Gasteiger partial charge >= 0.3 is 0 Å². The number of benzene rings is 1. The van der Waals surface area contributed by atoms with Crippen LogP contribution in [0.3, 0.4) is 0 Å². The van der Waals surface area contributed by atoms with Gasteiger partial charge in [0, 0.05) is 31.4 Å². The Kier molecular flexibility index (Phi) is 5.06. The van der Waals surface area contributed by atoms with E-state index in [1.807, 2.05) is 0 Å². The summed E-state index contributed by atoms with van der Waals surface area (Å²) in [7, 11) is 0. The third-order valence-electron chi connectivity index (χ3n) is 3.65. The average Bonchev–Trinajstić information content (AvgIpc) is 3.22. The lowest BCUT2D eigenvalue weighted by Crippen LogP contribution is -2.26. The topological polar surface area (TPSA) is 15.3 Å². The first-order valence-corrected chi connectivity index (χ1v) is 7.41. The molecule has 100 valence electrons. The zero-order valence-electron chi connectivity index (χ0n) is 11.8. The van der Waals surface area contributed by atoms with Crippen LogP contribution in [-0.4, -0.2) is 19.1 Å². The van der Waals surface area contributed by atoms with E-state index in [9.17, 15) is 0 Å². The first-order valence-electron chi connectivity index (χ1n) is 7.41. The predicted molar refractivity (Wildman–Crippen MR) is 79.1 cm³/mol. The van der Waals surface area contributed by atoms with E-state index in [0.717, 1.165) is 19.1 Å². The molecule has 0 radical (unpaired) electrons. The van der Waals surface area contributed by atoms with Gasteiger partial charge in [0.2, 0.25) is 0 Å². The second kappa shape index (κ2) is 6.79. The van der Waals surface area contributed by atoms with E-state index in [-0.39, 0.29) is 0 Å². The van der Waals surface area contributed by atoms with Crippen LogP contribution in [0.1, 0.15) is 45.1 Å². The summed E-state index contributed by atoms with van der Waals surface area (Å²) in [6, 6.07) is 9.62. The van der Waals surface area contributed by atoms with Crippen LogP contribution in [0.25, 0.3) is 0 Å². The van der Waals surface area contributed by atoms with Gasteiger partial charge in [0.15, 0.2) is 0 Å². The molecule has 0 atom stereocenters. The lowest BCUT2D eigenvalue weighted by Gasteiger charge is -2.25. The van der Waals surface area contributed by atoms with E-state index in [1.165, 1.54) is 43.5 Å². The Morgan fingerprint density at radius 3 is 2.67 bits per heavy atom. The van der Waals surface area contributed by atoms with Crippen molar-refractivity contribution in [3.8, 4) is 0 Å². The van der Waals surface area contributed by atoms with E-state index >= 15 is 0 Å². The maximum absolute atomic E-state index is 3.62. The normalized spacial score (nSPS) is 14.8. The summed E-state index contributed by atoms with van der Waals surface area (Å²) in [4.78, 5) is 2.51. The van der Waals surface area contributed by atoms with Crippen LogP contribution >= 0.6 is 0 Å². The van der Waals surface area contributed by atoms with Gasteiger partial charge in [0.1, 0.15) is 0 Å². The summed E-state index contributed by atoms with van der Waals surface area (Å²) in [6.45, 7) is 7.80. The second-order valence-electron chi connectivity index (χ2n) is 5.22. The smallest absolute Gasteiger partial charge is 0.0411 e. The molecule has 0 bridgehead atoms. The lowest BCUT2D eigenvalue weighted by atomic mass is 10.1. The van der Waals surface area contributed by atoms with Crippen LogP contribution in [0.4, 0.5) is 5.69 Å². The molecule has 2 rings (SSSR count). The highest BCUT2D eigenvalue weighted by molar-refractivity contribution is 5.53. The first kappa shape index (κ1) is 13.4. The number of para-hydroxylation sites is 1. The van der Waals surface area contributed by atoms with Crippen molar-refractivity contribution >= 4 is 5.69 Å². The molecule has 0 saturated heterocycles. The quantitative estimate of drug-likeness (QED) is 0.754. The molecule has 0 unspecified atom stereocenters. The Balaban J connectivity index is 2.02. The minimum atomic E-state index is 0.781. The fraction of sp³-hybridized carbons (Fsp3) is 0.625. The maximum atomic E-state index is 3.62. The predicted octanol–water partition coefficient (Wildman–Crippen LogP) is 3.57. The zero-order chi connectivity index (χ0) is 12.8. The molecule has 0 aliphatic heterocycles. The van der Waals surface area contributed by atoms with Crippen LogP contribution in [0.15, 0.2) is 24.3 Å². The molecule has 1 aromatic carbocycles. The number of anilines is 1. The largest absolute Gasteiger partial charge is 0.372 e. The Hall–Kier alpha value is -1.02. The molecule has 1 N–H and O–H groups in total. The van der Waals surface area contributed by atoms with Gasteiger partial charge in [-0.2, -0.15) is 0 Å². The van der Waals surface area contributed by atoms with Crippen molar-refractivity contribution < 1.29 is 0 Å². The number of unbranched alkanes of at least 4 members (excludes halogenated alkanes) is 1. The van der Waals surface area contributed by atoms with Gasteiger partial charge in [0.05, 0.1) is 0 Å². The summed E-state index contributed by atoms with van der Waals surface area (Å²) in [6.07, 6.45) is 5.25. The summed E-state index contributed by atoms with van der Waals surface area (Å²) in [5, 5.41) is 3.62. The molecule has 1 fully saturated rings. The molecule has 1 saturated carbocycles. The molecule has 0 heterocycles. The Morgan fingerprint density at radius 1 is 1.22 bits per heavy atom. The van der Waals surface area contributed by atoms with Gasteiger partial charge in [-0.15, -0.1) is 0 Å². The minimum Gasteiger partial charge on any atom is -0.372 e. The van der Waals surface area contributed by atoms with Crippen LogP contribution in [0.2, 0.25) is 0 Å². The third kappa shape index (κ3) is 3.74. The Labute approximate surface area is 111 Å². The number of rotatable bonds is 8. The van der Waals surface area contributed by atoms with Crippen LogP contribution in [0.5, 0.6) is 0 Å². The molecule has 1 aromatic rings. The molecule has 1 aliphatic rings. The monoisotopic (exact) mass is 246 g/mol. The summed E-state index contributed by atoms with van der Waals surface area (Å²) in [5.41, 5.74) is 2.86. The standard InChI is InChI=1S/C16H26N2/c1-3-5-12-18(4-2)16-9-7-6-8-14(16)13-17-15-10-11-15/h6-9,15,17H,3-5,10-13H2,1-2H3. The summed E-state index contributed by atoms with van der Waals surface area (Å²) >= 11 is 0. The highest BCUT2D eigenvalue weighted by Gasteiger charge is 2.20. The zero-order valence-corrected chi connectivity index (χ0v) is 11.8. The molecule has 0 aromatic heterocycles. The van der Waals surface area contributed by atoms with Crippen LogP contribution in [-0.2, 0) is 6.54 Å². The fourth-order valence-corrected chi connectivity index (χ4v) is 2.31. The van der Waals surface area contributed by atoms with E-state index in [4.69, 9.17) is 0 Å². The van der Waals surface area contributed by atoms with Gasteiger partial charge in [0.25, 0.3) is 0 Å². The first-order chi connectivity index (χ1) is 8.85. The van der Waals surface area contributed by atoms with E-state index in [2.05, 4.69) is 48.3 Å². The molecule has 0 spiro atoms. The molecular weight excluding hydrogens is 220 g/mol. The van der Waals surface area contributed by atoms with Crippen molar-refractivity contribution in [2.75, 3.05) is 18.0 Å². The van der Waals surface area contributed by atoms with Gasteiger partial charge in [-0.1, -0.05) is 31.5 Å². The highest BCUT2D eigenvalue weighted by Crippen LogP contribution is 2.23. The van der Waals surface area contributed by atoms with Crippen molar-refractivity contribution in [2.24, 2.45) is 0 Å². The van der Waals surface area contributed by atoms with Crippen LogP contribution < -0.4 is 10.2 Å². The molecule has 1 aliphatic carbocycles. The second-order valence-corrected chi connectivity index (χ2v) is 5.22. The summed E-state index contributed by atoms with van der Waals surface area (Å²) in [5.74, 6) is 0. The van der Waals surface area contributed by atoms with Crippen molar-refractivity contribution in [1.82, 2.24) is 5.32 Å². The molecular formula is C16H26N2. The fourth-order valence-electron chi connectivity index (χ4n) is 2.31. The van der Waals surface area contributed by atoms with Gasteiger partial charge in [-0.25, -0.2) is 0 Å². The maximum Gasteiger partial charge on any atom is 0.0411 e. The SMILES string of the molecule is CCCCN(CC)c1ccccc1CNC1CC1. The third-order valence-corrected chi connectivity index (χ3v) is 3.65. The number of nitrogens with one attached hydrogen (secondary N) is 1. The number of hydrogen-bond donors (Lipinski definition) is 1. The van der Waals surface area contributed by atoms with Gasteiger partial charge in [-0.05, 0) is 37.8 Å². The summed E-state index contributed by atoms with van der Waals surface area (Å²) < 4.78 is 0. The van der Waals surface area contributed by atoms with Gasteiger partial charge < -0.3 is 10.2 Å². The van der Waals surface area contributed by atoms with Crippen molar-refractivity contribution in [3.63, 3.8) is 0 Å². The highest BCUT2D eigenvalue weighted by atomic mass is 15.1. The van der Waals surface area contributed by atoms with Crippen molar-refractivity contribution in [2.45, 2.75) is 52.1 Å². The number of hydrogen-bond acceptors (Lipinski definition) is 2. The van der Waals surface area contributed by atoms with Gasteiger partial charge in [-0.3, -0.25) is 0 Å². The Bertz CT molecular complexity index is 358. The molecule has 2 nitrogen and oxygen atoms in total. The van der Waals surface area contributed by atoms with Crippen molar-refractivity contribution in [1.29, 1.82) is 0 Å². The minimum absolute atomic E-state index is 0.781. The van der Waals surface area contributed by atoms with Crippen LogP contribution in [0, 0.1) is 0 Å². The number of nitrogens with zero attached hydrogens (tertiary/aromatic N) is 1. The lowest BCUT2D eigenvalue weighted by molar-refractivity contribution is 0.678. The van der Waals surface area contributed by atoms with E-state index in [1.54, 1.807) is 0 Å². The Morgan fingerprint density at radius 2 is 2.00 bits per heavy atom. The van der Waals surface area contributed by atoms with Crippen molar-refractivity contribution in [3.05, 3.63) is 29.8 Å². The van der Waals surface area contributed by atoms with E-state index < -0.39 is 0 Å². The molecule has 18 heavy (non-hydrogen) atoms. The van der Waals surface area contributed by atoms with E-state index in [0.29, 0.717) is 0 Å². The molecule has 0 amide bonds. The molecule has 2 heteroatoms.